The van der Waals surface area contributed by atoms with Gasteiger partial charge in [0.05, 0.1) is 6.10 Å². The van der Waals surface area contributed by atoms with Gasteiger partial charge in [0, 0.05) is 5.46 Å². The second kappa shape index (κ2) is 4.82. The number of quaternary nitrogens is 1. The van der Waals surface area contributed by atoms with E-state index in [1.807, 2.05) is 6.92 Å². The van der Waals surface area contributed by atoms with Crippen LogP contribution < -0.4 is 15.9 Å². The highest BCUT2D eigenvalue weighted by Gasteiger charge is 2.44. The summed E-state index contributed by atoms with van der Waals surface area (Å²) < 4.78 is 17.8. The minimum absolute atomic E-state index is 0.0197. The molecule has 2 unspecified atom stereocenters. The second-order valence-corrected chi connectivity index (χ2v) is 5.64. The van der Waals surface area contributed by atoms with Crippen molar-refractivity contribution in [2.75, 3.05) is 13.2 Å². The average molecular weight is 262 g/mol. The van der Waals surface area contributed by atoms with Crippen molar-refractivity contribution in [3.8, 4) is 5.75 Å². The monoisotopic (exact) mass is 262 g/mol. The molecular weight excluding hydrogens is 241 g/mol. The number of rotatable bonds is 2. The van der Waals surface area contributed by atoms with Crippen LogP contribution in [0.25, 0.3) is 0 Å². The van der Waals surface area contributed by atoms with Gasteiger partial charge in [-0.05, 0) is 30.0 Å². The van der Waals surface area contributed by atoms with Gasteiger partial charge >= 0.3 is 7.12 Å². The molecule has 0 bridgehead atoms. The first-order chi connectivity index (χ1) is 9.11. The standard InChI is InChI=1S/C14H20BNO3/c1-8(2)10-4-5-11-14-13(10)12(6-16)19-15(14)18-9(3)7-17-11/h4-5,8-9,12H,6-7,16H2,1-3H3/p+1. The Morgan fingerprint density at radius 3 is 2.84 bits per heavy atom. The molecule has 5 heteroatoms. The molecule has 0 amide bonds. The normalized spacial score (nSPS) is 25.2. The molecule has 1 aromatic carbocycles. The van der Waals surface area contributed by atoms with Gasteiger partial charge in [-0.15, -0.1) is 0 Å². The fourth-order valence-electron chi connectivity index (χ4n) is 2.92. The van der Waals surface area contributed by atoms with Crippen molar-refractivity contribution in [2.24, 2.45) is 0 Å². The molecule has 0 saturated carbocycles. The van der Waals surface area contributed by atoms with E-state index in [4.69, 9.17) is 14.0 Å². The van der Waals surface area contributed by atoms with Gasteiger partial charge in [0.15, 0.2) is 0 Å². The summed E-state index contributed by atoms with van der Waals surface area (Å²) in [7, 11) is -0.298. The quantitative estimate of drug-likeness (QED) is 0.795. The minimum Gasteiger partial charge on any atom is -0.491 e. The van der Waals surface area contributed by atoms with Crippen LogP contribution >= 0.6 is 0 Å². The predicted molar refractivity (Wildman–Crippen MR) is 73.5 cm³/mol. The van der Waals surface area contributed by atoms with Crippen molar-refractivity contribution >= 4 is 12.6 Å². The number of hydrogen-bond acceptors (Lipinski definition) is 3. The molecule has 0 saturated heterocycles. The molecule has 2 aliphatic rings. The summed E-state index contributed by atoms with van der Waals surface area (Å²) in [5.74, 6) is 1.36. The van der Waals surface area contributed by atoms with Crippen LogP contribution in [-0.2, 0) is 9.31 Å². The summed E-state index contributed by atoms with van der Waals surface area (Å²) in [5, 5.41) is 0. The summed E-state index contributed by atoms with van der Waals surface area (Å²) in [6.45, 7) is 7.70. The van der Waals surface area contributed by atoms with Crippen LogP contribution in [0.2, 0.25) is 0 Å². The topological polar surface area (TPSA) is 55.3 Å². The van der Waals surface area contributed by atoms with Gasteiger partial charge in [-0.2, -0.15) is 0 Å². The lowest BCUT2D eigenvalue weighted by Crippen LogP contribution is -2.53. The smallest absolute Gasteiger partial charge is 0.491 e. The first-order valence-corrected chi connectivity index (χ1v) is 7.01. The van der Waals surface area contributed by atoms with Crippen molar-refractivity contribution in [3.05, 3.63) is 23.3 Å². The number of ether oxygens (including phenoxy) is 1. The molecule has 102 valence electrons. The number of hydrogen-bond donors (Lipinski definition) is 1. The summed E-state index contributed by atoms with van der Waals surface area (Å²) in [6.07, 6.45) is 0.0579. The first kappa shape index (κ1) is 13.0. The zero-order chi connectivity index (χ0) is 13.6. The van der Waals surface area contributed by atoms with Crippen LogP contribution in [0.3, 0.4) is 0 Å². The van der Waals surface area contributed by atoms with E-state index < -0.39 is 0 Å². The Labute approximate surface area is 114 Å². The van der Waals surface area contributed by atoms with E-state index in [1.54, 1.807) is 0 Å². The van der Waals surface area contributed by atoms with E-state index in [-0.39, 0.29) is 19.3 Å². The predicted octanol–water partition coefficient (Wildman–Crippen LogP) is 0.616. The highest BCUT2D eigenvalue weighted by atomic mass is 16.6. The second-order valence-electron chi connectivity index (χ2n) is 5.64. The molecule has 0 aromatic heterocycles. The maximum absolute atomic E-state index is 6.04. The number of benzene rings is 1. The Hall–Kier alpha value is -1.04. The third-order valence-electron chi connectivity index (χ3n) is 3.84. The summed E-state index contributed by atoms with van der Waals surface area (Å²) in [5.41, 5.74) is 7.65. The van der Waals surface area contributed by atoms with E-state index in [0.717, 1.165) is 11.2 Å². The molecule has 2 atom stereocenters. The fraction of sp³-hybridized carbons (Fsp3) is 0.571. The average Bonchev–Trinajstić information content (AvgIpc) is 2.66. The van der Waals surface area contributed by atoms with Gasteiger partial charge in [0.25, 0.3) is 0 Å². The van der Waals surface area contributed by atoms with Gasteiger partial charge < -0.3 is 19.8 Å². The van der Waals surface area contributed by atoms with Crippen molar-refractivity contribution in [2.45, 2.75) is 38.9 Å². The molecular formula is C14H21BNO3+. The summed E-state index contributed by atoms with van der Waals surface area (Å²) in [4.78, 5) is 0. The Kier molecular flexibility index (Phi) is 3.29. The van der Waals surface area contributed by atoms with Crippen LogP contribution in [0, 0.1) is 0 Å². The van der Waals surface area contributed by atoms with E-state index in [9.17, 15) is 0 Å². The lowest BCUT2D eigenvalue weighted by atomic mass is 9.75. The first-order valence-electron chi connectivity index (χ1n) is 7.01. The van der Waals surface area contributed by atoms with Gasteiger partial charge in [0.2, 0.25) is 0 Å². The molecule has 0 aliphatic carbocycles. The maximum Gasteiger partial charge on any atom is 0.499 e. The maximum atomic E-state index is 6.04. The Balaban J connectivity index is 2.16. The van der Waals surface area contributed by atoms with Gasteiger partial charge in [0.1, 0.15) is 25.0 Å². The van der Waals surface area contributed by atoms with Gasteiger partial charge in [-0.3, -0.25) is 0 Å². The van der Waals surface area contributed by atoms with Crippen LogP contribution in [0.5, 0.6) is 5.75 Å². The zero-order valence-electron chi connectivity index (χ0n) is 11.8. The van der Waals surface area contributed by atoms with E-state index >= 15 is 0 Å². The van der Waals surface area contributed by atoms with Crippen molar-refractivity contribution in [3.63, 3.8) is 0 Å². The van der Waals surface area contributed by atoms with Crippen LogP contribution in [0.15, 0.2) is 12.1 Å². The largest absolute Gasteiger partial charge is 0.499 e. The van der Waals surface area contributed by atoms with E-state index in [1.165, 1.54) is 11.1 Å². The van der Waals surface area contributed by atoms with Crippen molar-refractivity contribution in [1.82, 2.24) is 0 Å². The summed E-state index contributed by atoms with van der Waals surface area (Å²) in [6, 6.07) is 4.21. The van der Waals surface area contributed by atoms with Crippen molar-refractivity contribution < 1.29 is 19.8 Å². The molecule has 19 heavy (non-hydrogen) atoms. The van der Waals surface area contributed by atoms with Gasteiger partial charge in [-0.1, -0.05) is 19.9 Å². The molecule has 0 radical (unpaired) electrons. The highest BCUT2D eigenvalue weighted by molar-refractivity contribution is 6.64. The summed E-state index contributed by atoms with van der Waals surface area (Å²) >= 11 is 0. The van der Waals surface area contributed by atoms with Crippen molar-refractivity contribution in [1.29, 1.82) is 0 Å². The lowest BCUT2D eigenvalue weighted by molar-refractivity contribution is -0.383. The fourth-order valence-corrected chi connectivity index (χ4v) is 2.92. The van der Waals surface area contributed by atoms with E-state index in [0.29, 0.717) is 19.1 Å². The molecule has 2 heterocycles. The van der Waals surface area contributed by atoms with E-state index in [2.05, 4.69) is 31.7 Å². The molecule has 1 aromatic rings. The SMILES string of the molecule is CC1COc2ccc(C(C)C)c3c2B(O1)OC3C[NH3+]. The van der Waals surface area contributed by atoms with Crippen LogP contribution in [-0.4, -0.2) is 26.4 Å². The molecule has 2 aliphatic heterocycles. The van der Waals surface area contributed by atoms with Crippen LogP contribution in [0.4, 0.5) is 0 Å². The van der Waals surface area contributed by atoms with Gasteiger partial charge in [-0.25, -0.2) is 0 Å². The Morgan fingerprint density at radius 1 is 1.37 bits per heavy atom. The zero-order valence-corrected chi connectivity index (χ0v) is 11.8. The minimum atomic E-state index is -0.298. The molecule has 3 rings (SSSR count). The molecule has 4 nitrogen and oxygen atoms in total. The highest BCUT2D eigenvalue weighted by Crippen LogP contribution is 2.35. The third-order valence-corrected chi connectivity index (χ3v) is 3.84. The Morgan fingerprint density at radius 2 is 2.16 bits per heavy atom. The lowest BCUT2D eigenvalue weighted by Gasteiger charge is -2.18. The van der Waals surface area contributed by atoms with Crippen LogP contribution in [0.1, 0.15) is 43.9 Å². The third kappa shape index (κ3) is 2.06. The molecule has 3 N–H and O–H groups in total. The molecule has 0 spiro atoms. The Bertz CT molecular complexity index is 492. The molecule has 0 fully saturated rings.